The second-order valence-electron chi connectivity index (χ2n) is 3.97. The number of aromatic nitrogens is 2. The second-order valence-corrected chi connectivity index (χ2v) is 3.97. The molecule has 1 aliphatic heterocycles. The molecule has 2 heterocycles. The van der Waals surface area contributed by atoms with Crippen LogP contribution in [0, 0.1) is 12.8 Å². The number of carbonyl (C=O) groups excluding carboxylic acids is 1. The van der Waals surface area contributed by atoms with Crippen molar-refractivity contribution in [2.75, 3.05) is 13.2 Å². The first-order valence-electron chi connectivity index (χ1n) is 5.21. The summed E-state index contributed by atoms with van der Waals surface area (Å²) in [4.78, 5) is 22.7. The topological polar surface area (TPSA) is 104 Å². The average Bonchev–Trinajstić information content (AvgIpc) is 2.86. The quantitative estimate of drug-likeness (QED) is 0.662. The Balaban J connectivity index is 2.04. The first kappa shape index (κ1) is 11.6. The van der Waals surface area contributed by atoms with Crippen molar-refractivity contribution in [3.63, 3.8) is 0 Å². The van der Waals surface area contributed by atoms with E-state index in [0.717, 1.165) is 0 Å². The number of carboxylic acids is 1. The van der Waals surface area contributed by atoms with Crippen molar-refractivity contribution in [2.24, 2.45) is 5.92 Å². The standard InChI is InChI=1S/C10H13N3O4/c1-5-6(2-11-13-5)9(14)12-8-4-17-3-7(8)10(15)16/h2,7-8H,3-4H2,1H3,(H,11,13)(H,12,14)(H,15,16). The van der Waals surface area contributed by atoms with Crippen molar-refractivity contribution in [3.05, 3.63) is 17.5 Å². The van der Waals surface area contributed by atoms with Gasteiger partial charge >= 0.3 is 5.97 Å². The third-order valence-electron chi connectivity index (χ3n) is 2.79. The Morgan fingerprint density at radius 2 is 2.35 bits per heavy atom. The molecule has 0 aliphatic carbocycles. The van der Waals surface area contributed by atoms with Crippen molar-refractivity contribution in [1.29, 1.82) is 0 Å². The summed E-state index contributed by atoms with van der Waals surface area (Å²) in [5.74, 6) is -1.99. The molecule has 0 saturated carbocycles. The molecule has 7 nitrogen and oxygen atoms in total. The summed E-state index contributed by atoms with van der Waals surface area (Å²) in [6.07, 6.45) is 1.41. The number of ether oxygens (including phenoxy) is 1. The van der Waals surface area contributed by atoms with Gasteiger partial charge in [-0.25, -0.2) is 0 Å². The van der Waals surface area contributed by atoms with Crippen LogP contribution in [0.1, 0.15) is 16.1 Å². The lowest BCUT2D eigenvalue weighted by Crippen LogP contribution is -2.42. The molecule has 3 N–H and O–H groups in total. The minimum atomic E-state index is -0.961. The van der Waals surface area contributed by atoms with E-state index in [-0.39, 0.29) is 19.1 Å². The molecule has 1 amide bonds. The van der Waals surface area contributed by atoms with Gasteiger partial charge in [0.25, 0.3) is 5.91 Å². The molecule has 7 heteroatoms. The molecular weight excluding hydrogens is 226 g/mol. The minimum absolute atomic E-state index is 0.130. The fourth-order valence-corrected chi connectivity index (χ4v) is 1.77. The van der Waals surface area contributed by atoms with Gasteiger partial charge in [0, 0.05) is 5.69 Å². The summed E-state index contributed by atoms with van der Waals surface area (Å²) in [7, 11) is 0. The Bertz CT molecular complexity index is 443. The van der Waals surface area contributed by atoms with Crippen LogP contribution in [0.2, 0.25) is 0 Å². The minimum Gasteiger partial charge on any atom is -0.481 e. The van der Waals surface area contributed by atoms with Crippen LogP contribution in [-0.2, 0) is 9.53 Å². The van der Waals surface area contributed by atoms with Crippen LogP contribution in [0.25, 0.3) is 0 Å². The first-order valence-corrected chi connectivity index (χ1v) is 5.21. The normalized spacial score (nSPS) is 23.6. The predicted molar refractivity (Wildman–Crippen MR) is 56.5 cm³/mol. The van der Waals surface area contributed by atoms with Gasteiger partial charge < -0.3 is 15.2 Å². The zero-order chi connectivity index (χ0) is 12.4. The van der Waals surface area contributed by atoms with E-state index in [1.807, 2.05) is 0 Å². The number of rotatable bonds is 3. The predicted octanol–water partition coefficient (Wildman–Crippen LogP) is -0.452. The number of aliphatic carboxylic acids is 1. The molecule has 0 aromatic carbocycles. The van der Waals surface area contributed by atoms with E-state index in [1.165, 1.54) is 6.20 Å². The Hall–Kier alpha value is -1.89. The maximum atomic E-state index is 11.8. The number of hydrogen-bond acceptors (Lipinski definition) is 4. The maximum Gasteiger partial charge on any atom is 0.311 e. The molecule has 1 aliphatic rings. The number of aryl methyl sites for hydroxylation is 1. The summed E-state index contributed by atoms with van der Waals surface area (Å²) in [5, 5.41) is 18.0. The fraction of sp³-hybridized carbons (Fsp3) is 0.500. The highest BCUT2D eigenvalue weighted by Gasteiger charge is 2.35. The molecule has 2 atom stereocenters. The van der Waals surface area contributed by atoms with Crippen LogP contribution in [0.4, 0.5) is 0 Å². The Morgan fingerprint density at radius 3 is 2.94 bits per heavy atom. The molecule has 1 aromatic rings. The zero-order valence-corrected chi connectivity index (χ0v) is 9.27. The lowest BCUT2D eigenvalue weighted by molar-refractivity contribution is -0.142. The largest absolute Gasteiger partial charge is 0.481 e. The van der Waals surface area contributed by atoms with E-state index in [2.05, 4.69) is 15.5 Å². The molecule has 0 spiro atoms. The number of carboxylic acid groups (broad SMARTS) is 1. The Kier molecular flexibility index (Phi) is 3.10. The Labute approximate surface area is 97.2 Å². The van der Waals surface area contributed by atoms with Gasteiger partial charge in [0.2, 0.25) is 0 Å². The van der Waals surface area contributed by atoms with Crippen molar-refractivity contribution in [2.45, 2.75) is 13.0 Å². The third kappa shape index (κ3) is 2.28. The molecule has 17 heavy (non-hydrogen) atoms. The van der Waals surface area contributed by atoms with Crippen LogP contribution in [-0.4, -0.2) is 46.4 Å². The van der Waals surface area contributed by atoms with E-state index >= 15 is 0 Å². The summed E-state index contributed by atoms with van der Waals surface area (Å²) in [5.41, 5.74) is 1.06. The number of nitrogens with zero attached hydrogens (tertiary/aromatic N) is 1. The maximum absolute atomic E-state index is 11.8. The van der Waals surface area contributed by atoms with Gasteiger partial charge in [-0.1, -0.05) is 0 Å². The summed E-state index contributed by atoms with van der Waals surface area (Å²) >= 11 is 0. The number of amides is 1. The van der Waals surface area contributed by atoms with Crippen LogP contribution in [0.15, 0.2) is 6.20 Å². The van der Waals surface area contributed by atoms with Gasteiger partial charge in [-0.2, -0.15) is 5.10 Å². The molecule has 1 saturated heterocycles. The number of aromatic amines is 1. The van der Waals surface area contributed by atoms with Crippen LogP contribution < -0.4 is 5.32 Å². The monoisotopic (exact) mass is 239 g/mol. The van der Waals surface area contributed by atoms with Crippen LogP contribution >= 0.6 is 0 Å². The smallest absolute Gasteiger partial charge is 0.311 e. The fourth-order valence-electron chi connectivity index (χ4n) is 1.77. The third-order valence-corrected chi connectivity index (χ3v) is 2.79. The van der Waals surface area contributed by atoms with Gasteiger partial charge in [-0.05, 0) is 6.92 Å². The van der Waals surface area contributed by atoms with Crippen molar-refractivity contribution in [3.8, 4) is 0 Å². The van der Waals surface area contributed by atoms with Gasteiger partial charge in [0.1, 0.15) is 5.92 Å². The van der Waals surface area contributed by atoms with Gasteiger partial charge in [-0.15, -0.1) is 0 Å². The number of carbonyl (C=O) groups is 2. The molecule has 1 aromatic heterocycles. The molecule has 2 rings (SSSR count). The number of nitrogens with one attached hydrogen (secondary N) is 2. The molecule has 0 bridgehead atoms. The molecule has 1 fully saturated rings. The summed E-state index contributed by atoms with van der Waals surface area (Å²) in [6.45, 7) is 2.08. The van der Waals surface area contributed by atoms with Crippen molar-refractivity contribution < 1.29 is 19.4 Å². The Morgan fingerprint density at radius 1 is 1.59 bits per heavy atom. The summed E-state index contributed by atoms with van der Waals surface area (Å²) < 4.78 is 5.06. The van der Waals surface area contributed by atoms with Gasteiger partial charge in [0.15, 0.2) is 0 Å². The van der Waals surface area contributed by atoms with E-state index in [1.54, 1.807) is 6.92 Å². The van der Waals surface area contributed by atoms with Crippen molar-refractivity contribution >= 4 is 11.9 Å². The van der Waals surface area contributed by atoms with Crippen LogP contribution in [0.5, 0.6) is 0 Å². The molecule has 92 valence electrons. The van der Waals surface area contributed by atoms with E-state index in [0.29, 0.717) is 11.3 Å². The first-order chi connectivity index (χ1) is 8.09. The lowest BCUT2D eigenvalue weighted by Gasteiger charge is -2.15. The number of hydrogen-bond donors (Lipinski definition) is 3. The number of H-pyrrole nitrogens is 1. The van der Waals surface area contributed by atoms with E-state index in [4.69, 9.17) is 9.84 Å². The van der Waals surface area contributed by atoms with Gasteiger partial charge in [-0.3, -0.25) is 14.7 Å². The molecule has 2 unspecified atom stereocenters. The highest BCUT2D eigenvalue weighted by Crippen LogP contribution is 2.15. The molecule has 0 radical (unpaired) electrons. The highest BCUT2D eigenvalue weighted by atomic mass is 16.5. The van der Waals surface area contributed by atoms with Gasteiger partial charge in [0.05, 0.1) is 31.0 Å². The van der Waals surface area contributed by atoms with E-state index in [9.17, 15) is 9.59 Å². The summed E-state index contributed by atoms with van der Waals surface area (Å²) in [6, 6.07) is -0.491. The average molecular weight is 239 g/mol. The molecular formula is C10H13N3O4. The zero-order valence-electron chi connectivity index (χ0n) is 9.27. The van der Waals surface area contributed by atoms with E-state index < -0.39 is 17.9 Å². The highest BCUT2D eigenvalue weighted by molar-refractivity contribution is 5.95. The van der Waals surface area contributed by atoms with Crippen molar-refractivity contribution in [1.82, 2.24) is 15.5 Å². The lowest BCUT2D eigenvalue weighted by atomic mass is 10.0. The van der Waals surface area contributed by atoms with Crippen LogP contribution in [0.3, 0.4) is 0 Å². The second kappa shape index (κ2) is 4.54. The SMILES string of the molecule is Cc1[nH]ncc1C(=O)NC1COCC1C(=O)O.